The Hall–Kier alpha value is -1.88. The zero-order valence-electron chi connectivity index (χ0n) is 9.54. The van der Waals surface area contributed by atoms with Crippen LogP contribution in [0.15, 0.2) is 47.1 Å². The number of carboxylic acid groups (broad SMARTS) is 1. The van der Waals surface area contributed by atoms with E-state index < -0.39 is 16.8 Å². The number of rotatable bonds is 5. The Labute approximate surface area is 107 Å². The highest BCUT2D eigenvalue weighted by Crippen LogP contribution is 2.15. The maximum atomic E-state index is 11.9. The van der Waals surface area contributed by atoms with Gasteiger partial charge in [0.15, 0.2) is 0 Å². The van der Waals surface area contributed by atoms with Crippen LogP contribution in [0, 0.1) is 0 Å². The number of carboxylic acids is 1. The monoisotopic (exact) mass is 264 g/mol. The summed E-state index contributed by atoms with van der Waals surface area (Å²) < 4.78 is 16.8. The number of hydrogen-bond acceptors (Lipinski definition) is 3. The Balaban J connectivity index is 2.04. The molecule has 4 nitrogen and oxygen atoms in total. The van der Waals surface area contributed by atoms with E-state index in [1.807, 2.05) is 30.3 Å². The summed E-state index contributed by atoms with van der Waals surface area (Å²) in [6.45, 7) is 0. The minimum absolute atomic E-state index is 0.128. The summed E-state index contributed by atoms with van der Waals surface area (Å²) >= 11 is 0. The van der Waals surface area contributed by atoms with Crippen molar-refractivity contribution in [1.82, 2.24) is 0 Å². The highest BCUT2D eigenvalue weighted by atomic mass is 32.2. The second-order valence-electron chi connectivity index (χ2n) is 3.79. The molecular formula is C13H12O4S. The summed E-state index contributed by atoms with van der Waals surface area (Å²) in [4.78, 5) is 10.8. The van der Waals surface area contributed by atoms with Gasteiger partial charge in [0.05, 0.1) is 12.0 Å². The Morgan fingerprint density at radius 1 is 1.17 bits per heavy atom. The molecule has 1 atom stereocenters. The number of hydrogen-bond donors (Lipinski definition) is 1. The zero-order valence-corrected chi connectivity index (χ0v) is 10.4. The van der Waals surface area contributed by atoms with E-state index in [9.17, 15) is 9.00 Å². The van der Waals surface area contributed by atoms with Crippen molar-refractivity contribution in [3.05, 3.63) is 59.5 Å². The third-order valence-corrected chi connectivity index (χ3v) is 3.72. The number of carbonyl (C=O) groups is 1. The minimum Gasteiger partial charge on any atom is -0.475 e. The average Bonchev–Trinajstić information content (AvgIpc) is 2.78. The van der Waals surface area contributed by atoms with Gasteiger partial charge < -0.3 is 9.52 Å². The summed E-state index contributed by atoms with van der Waals surface area (Å²) in [5.41, 5.74) is 1.44. The van der Waals surface area contributed by atoms with Crippen LogP contribution in [0.25, 0.3) is 0 Å². The second kappa shape index (κ2) is 5.64. The molecule has 0 amide bonds. The van der Waals surface area contributed by atoms with Crippen LogP contribution in [0.2, 0.25) is 0 Å². The van der Waals surface area contributed by atoms with E-state index in [0.29, 0.717) is 11.3 Å². The first-order chi connectivity index (χ1) is 8.66. The Bertz CT molecular complexity index is 559. The molecule has 0 spiro atoms. The molecule has 0 radical (unpaired) electrons. The lowest BCUT2D eigenvalue weighted by Gasteiger charge is -2.01. The van der Waals surface area contributed by atoms with E-state index in [2.05, 4.69) is 0 Å². The first-order valence-electron chi connectivity index (χ1n) is 5.35. The predicted octanol–water partition coefficient (Wildman–Crippen LogP) is 2.43. The highest BCUT2D eigenvalue weighted by molar-refractivity contribution is 7.83. The van der Waals surface area contributed by atoms with Gasteiger partial charge in [-0.05, 0) is 11.6 Å². The van der Waals surface area contributed by atoms with Gasteiger partial charge in [-0.25, -0.2) is 4.79 Å². The molecule has 1 heterocycles. The Kier molecular flexibility index (Phi) is 3.94. The largest absolute Gasteiger partial charge is 0.475 e. The number of benzene rings is 1. The Morgan fingerprint density at radius 2 is 1.89 bits per heavy atom. The van der Waals surface area contributed by atoms with E-state index in [1.165, 1.54) is 6.26 Å². The van der Waals surface area contributed by atoms with Crippen LogP contribution in [0.5, 0.6) is 0 Å². The number of aromatic carboxylic acids is 1. The quantitative estimate of drug-likeness (QED) is 0.900. The fourth-order valence-electron chi connectivity index (χ4n) is 1.62. The van der Waals surface area contributed by atoms with Gasteiger partial charge in [0.25, 0.3) is 0 Å². The molecule has 0 aliphatic carbocycles. The molecule has 94 valence electrons. The van der Waals surface area contributed by atoms with Crippen molar-refractivity contribution in [1.29, 1.82) is 0 Å². The molecule has 18 heavy (non-hydrogen) atoms. The predicted molar refractivity (Wildman–Crippen MR) is 67.7 cm³/mol. The molecule has 1 aromatic heterocycles. The molecule has 0 aliphatic heterocycles. The van der Waals surface area contributed by atoms with Gasteiger partial charge >= 0.3 is 5.97 Å². The maximum Gasteiger partial charge on any atom is 0.372 e. The van der Waals surface area contributed by atoms with Gasteiger partial charge in [-0.3, -0.25) is 4.21 Å². The summed E-state index contributed by atoms with van der Waals surface area (Å²) in [6, 6.07) is 11.0. The molecule has 0 bridgehead atoms. The first kappa shape index (κ1) is 12.6. The highest BCUT2D eigenvalue weighted by Gasteiger charge is 2.15. The molecule has 0 fully saturated rings. The van der Waals surface area contributed by atoms with Gasteiger partial charge in [0.2, 0.25) is 5.76 Å². The van der Waals surface area contributed by atoms with Crippen molar-refractivity contribution in [3.63, 3.8) is 0 Å². The summed E-state index contributed by atoms with van der Waals surface area (Å²) in [5, 5.41) is 8.86. The van der Waals surface area contributed by atoms with Crippen LogP contribution in [0.1, 0.15) is 21.7 Å². The van der Waals surface area contributed by atoms with Crippen molar-refractivity contribution < 1.29 is 18.5 Å². The SMILES string of the molecule is O=C(O)c1occc1CS(=O)Cc1ccccc1. The van der Waals surface area contributed by atoms with E-state index in [-0.39, 0.29) is 11.5 Å². The lowest BCUT2D eigenvalue weighted by atomic mass is 10.2. The van der Waals surface area contributed by atoms with Crippen molar-refractivity contribution in [3.8, 4) is 0 Å². The van der Waals surface area contributed by atoms with Crippen LogP contribution in [-0.4, -0.2) is 15.3 Å². The van der Waals surface area contributed by atoms with Crippen molar-refractivity contribution >= 4 is 16.8 Å². The zero-order chi connectivity index (χ0) is 13.0. The van der Waals surface area contributed by atoms with Crippen LogP contribution in [0.3, 0.4) is 0 Å². The van der Waals surface area contributed by atoms with Crippen LogP contribution in [-0.2, 0) is 22.3 Å². The molecule has 0 aliphatic rings. The van der Waals surface area contributed by atoms with E-state index in [4.69, 9.17) is 9.52 Å². The van der Waals surface area contributed by atoms with Gasteiger partial charge in [-0.1, -0.05) is 30.3 Å². The van der Waals surface area contributed by atoms with Crippen LogP contribution >= 0.6 is 0 Å². The third-order valence-electron chi connectivity index (χ3n) is 2.43. The van der Waals surface area contributed by atoms with Crippen molar-refractivity contribution in [2.24, 2.45) is 0 Å². The minimum atomic E-state index is -1.15. The van der Waals surface area contributed by atoms with Crippen LogP contribution < -0.4 is 0 Å². The van der Waals surface area contributed by atoms with Gasteiger partial charge in [0.1, 0.15) is 0 Å². The molecule has 1 aromatic carbocycles. The number of furan rings is 1. The molecule has 0 saturated heterocycles. The van der Waals surface area contributed by atoms with E-state index >= 15 is 0 Å². The van der Waals surface area contributed by atoms with Gasteiger partial charge in [-0.2, -0.15) is 0 Å². The average molecular weight is 264 g/mol. The topological polar surface area (TPSA) is 67.5 Å². The molecular weight excluding hydrogens is 252 g/mol. The fraction of sp³-hybridized carbons (Fsp3) is 0.154. The second-order valence-corrected chi connectivity index (χ2v) is 5.25. The van der Waals surface area contributed by atoms with Crippen LogP contribution in [0.4, 0.5) is 0 Å². The first-order valence-corrected chi connectivity index (χ1v) is 6.84. The summed E-state index contributed by atoms with van der Waals surface area (Å²) in [6.07, 6.45) is 1.30. The fourth-order valence-corrected chi connectivity index (χ4v) is 2.86. The third kappa shape index (κ3) is 3.07. The summed E-state index contributed by atoms with van der Waals surface area (Å²) in [7, 11) is -1.15. The van der Waals surface area contributed by atoms with Crippen molar-refractivity contribution in [2.75, 3.05) is 0 Å². The standard InChI is InChI=1S/C13H12O4S/c14-13(15)12-11(6-7-17-12)9-18(16)8-10-4-2-1-3-5-10/h1-7H,8-9H2,(H,14,15). The van der Waals surface area contributed by atoms with Gasteiger partial charge in [0, 0.05) is 22.1 Å². The lowest BCUT2D eigenvalue weighted by molar-refractivity contribution is 0.0661. The van der Waals surface area contributed by atoms with Gasteiger partial charge in [-0.15, -0.1) is 0 Å². The normalized spacial score (nSPS) is 12.2. The molecule has 0 saturated carbocycles. The molecule has 1 unspecified atom stereocenters. The van der Waals surface area contributed by atoms with E-state index in [0.717, 1.165) is 5.56 Å². The molecule has 2 aromatic rings. The smallest absolute Gasteiger partial charge is 0.372 e. The van der Waals surface area contributed by atoms with Crippen molar-refractivity contribution in [2.45, 2.75) is 11.5 Å². The summed E-state index contributed by atoms with van der Waals surface area (Å²) in [5.74, 6) is -0.666. The van der Waals surface area contributed by atoms with E-state index in [1.54, 1.807) is 6.07 Å². The Morgan fingerprint density at radius 3 is 2.56 bits per heavy atom. The molecule has 1 N–H and O–H groups in total. The molecule has 5 heteroatoms. The lowest BCUT2D eigenvalue weighted by Crippen LogP contribution is -2.04. The molecule has 2 rings (SSSR count). The maximum absolute atomic E-state index is 11.9.